The fraction of sp³-hybridized carbons (Fsp3) is 0.562. The molecule has 1 saturated carbocycles. The van der Waals surface area contributed by atoms with Gasteiger partial charge in [0.05, 0.1) is 6.54 Å². The molecule has 2 rings (SSSR count). The fourth-order valence-electron chi connectivity index (χ4n) is 2.38. The molecule has 1 aliphatic rings. The second-order valence-corrected chi connectivity index (χ2v) is 6.61. The van der Waals surface area contributed by atoms with Gasteiger partial charge in [0.15, 0.2) is 5.96 Å². The first-order valence-corrected chi connectivity index (χ1v) is 8.16. The molecular weight excluding hydrogens is 314 g/mol. The van der Waals surface area contributed by atoms with Crippen LogP contribution in [0.25, 0.3) is 0 Å². The van der Waals surface area contributed by atoms with E-state index in [1.165, 1.54) is 22.9 Å². The van der Waals surface area contributed by atoms with Gasteiger partial charge in [0.1, 0.15) is 0 Å². The van der Waals surface area contributed by atoms with Crippen LogP contribution in [-0.4, -0.2) is 25.1 Å². The molecule has 0 radical (unpaired) electrons. The predicted molar refractivity (Wildman–Crippen MR) is 89.3 cm³/mol. The van der Waals surface area contributed by atoms with Crippen LogP contribution in [0.2, 0.25) is 0 Å². The van der Waals surface area contributed by atoms with Crippen LogP contribution in [0.1, 0.15) is 39.2 Å². The van der Waals surface area contributed by atoms with E-state index in [1.807, 2.05) is 0 Å². The van der Waals surface area contributed by atoms with Crippen molar-refractivity contribution in [3.05, 3.63) is 34.3 Å². The first-order chi connectivity index (χ1) is 9.57. The van der Waals surface area contributed by atoms with Gasteiger partial charge in [0.2, 0.25) is 0 Å². The molecule has 3 nitrogen and oxygen atoms in total. The van der Waals surface area contributed by atoms with Gasteiger partial charge in [-0.3, -0.25) is 4.99 Å². The molecule has 0 heterocycles. The average Bonchev–Trinajstić information content (AvgIpc) is 3.17. The molecule has 0 unspecified atom stereocenters. The summed E-state index contributed by atoms with van der Waals surface area (Å²) in [5.74, 6) is 0.917. The lowest BCUT2D eigenvalue weighted by molar-refractivity contribution is 0.668. The van der Waals surface area contributed by atoms with E-state index >= 15 is 0 Å². The summed E-state index contributed by atoms with van der Waals surface area (Å²) in [4.78, 5) is 4.78. The third-order valence-electron chi connectivity index (χ3n) is 3.61. The molecule has 110 valence electrons. The summed E-state index contributed by atoms with van der Waals surface area (Å²) in [5, 5.41) is 6.68. The lowest BCUT2D eigenvalue weighted by Gasteiger charge is -2.18. The quantitative estimate of drug-likeness (QED) is 0.637. The van der Waals surface area contributed by atoms with E-state index < -0.39 is 0 Å². The number of nitrogens with one attached hydrogen (secondary N) is 2. The lowest BCUT2D eigenvalue weighted by atomic mass is 9.96. The van der Waals surface area contributed by atoms with Gasteiger partial charge in [-0.15, -0.1) is 0 Å². The number of halogens is 1. The Balaban J connectivity index is 2.10. The van der Waals surface area contributed by atoms with Crippen molar-refractivity contribution in [3.63, 3.8) is 0 Å². The molecule has 2 N–H and O–H groups in total. The minimum absolute atomic E-state index is 0.236. The Labute approximate surface area is 130 Å². The molecule has 0 bridgehead atoms. The van der Waals surface area contributed by atoms with Crippen molar-refractivity contribution in [2.75, 3.05) is 13.1 Å². The molecule has 1 aromatic carbocycles. The molecule has 0 saturated heterocycles. The van der Waals surface area contributed by atoms with E-state index in [9.17, 15) is 0 Å². The summed E-state index contributed by atoms with van der Waals surface area (Å²) >= 11 is 3.67. The number of aliphatic imine (C=N–C) groups is 1. The normalized spacial score (nSPS) is 17.1. The van der Waals surface area contributed by atoms with Gasteiger partial charge in [-0.2, -0.15) is 0 Å². The topological polar surface area (TPSA) is 36.4 Å². The smallest absolute Gasteiger partial charge is 0.191 e. The van der Waals surface area contributed by atoms with E-state index in [0.717, 1.165) is 19.0 Å². The molecule has 1 aromatic rings. The molecule has 4 heteroatoms. The summed E-state index contributed by atoms with van der Waals surface area (Å²) in [7, 11) is 0. The summed E-state index contributed by atoms with van der Waals surface area (Å²) in [6.07, 6.45) is 2.44. The molecule has 0 amide bonds. The SMILES string of the molecule is CCNC(=NCC1(c2ccccc2Br)CC1)NC(C)C. The highest BCUT2D eigenvalue weighted by molar-refractivity contribution is 9.10. The van der Waals surface area contributed by atoms with Crippen LogP contribution in [0.15, 0.2) is 33.7 Å². The van der Waals surface area contributed by atoms with Crippen molar-refractivity contribution in [3.8, 4) is 0 Å². The molecule has 0 atom stereocenters. The highest BCUT2D eigenvalue weighted by atomic mass is 79.9. The van der Waals surface area contributed by atoms with E-state index in [1.54, 1.807) is 0 Å². The van der Waals surface area contributed by atoms with Crippen LogP contribution in [0.4, 0.5) is 0 Å². The summed E-state index contributed by atoms with van der Waals surface area (Å²) in [6.45, 7) is 8.09. The first kappa shape index (κ1) is 15.4. The Morgan fingerprint density at radius 1 is 1.35 bits per heavy atom. The van der Waals surface area contributed by atoms with Crippen molar-refractivity contribution in [2.24, 2.45) is 4.99 Å². The Morgan fingerprint density at radius 2 is 2.05 bits per heavy atom. The number of guanidine groups is 1. The van der Waals surface area contributed by atoms with Gasteiger partial charge in [-0.05, 0) is 45.2 Å². The zero-order valence-corrected chi connectivity index (χ0v) is 14.1. The van der Waals surface area contributed by atoms with Crippen molar-refractivity contribution in [2.45, 2.75) is 45.1 Å². The van der Waals surface area contributed by atoms with Crippen molar-refractivity contribution in [1.82, 2.24) is 10.6 Å². The summed E-state index contributed by atoms with van der Waals surface area (Å²) in [5.41, 5.74) is 1.63. The van der Waals surface area contributed by atoms with Crippen LogP contribution in [0.3, 0.4) is 0 Å². The maximum Gasteiger partial charge on any atom is 0.191 e. The number of rotatable bonds is 5. The molecule has 20 heavy (non-hydrogen) atoms. The molecule has 0 aliphatic heterocycles. The second kappa shape index (κ2) is 6.61. The number of hydrogen-bond acceptors (Lipinski definition) is 1. The molecule has 0 aromatic heterocycles. The third-order valence-corrected chi connectivity index (χ3v) is 4.30. The minimum Gasteiger partial charge on any atom is -0.357 e. The van der Waals surface area contributed by atoms with Crippen LogP contribution in [-0.2, 0) is 5.41 Å². The standard InChI is InChI=1S/C16H24BrN3/c1-4-18-15(20-12(2)3)19-11-16(9-10-16)13-7-5-6-8-14(13)17/h5-8,12H,4,9-11H2,1-3H3,(H2,18,19,20). The lowest BCUT2D eigenvalue weighted by Crippen LogP contribution is -2.41. The van der Waals surface area contributed by atoms with E-state index in [0.29, 0.717) is 6.04 Å². The van der Waals surface area contributed by atoms with Crippen LogP contribution < -0.4 is 10.6 Å². The highest BCUT2D eigenvalue weighted by Gasteiger charge is 2.45. The van der Waals surface area contributed by atoms with Crippen molar-refractivity contribution < 1.29 is 0 Å². The van der Waals surface area contributed by atoms with Crippen molar-refractivity contribution >= 4 is 21.9 Å². The van der Waals surface area contributed by atoms with Gasteiger partial charge in [0.25, 0.3) is 0 Å². The van der Waals surface area contributed by atoms with Gasteiger partial charge in [-0.25, -0.2) is 0 Å². The Hall–Kier alpha value is -1.03. The van der Waals surface area contributed by atoms with Crippen molar-refractivity contribution in [1.29, 1.82) is 0 Å². The van der Waals surface area contributed by atoms with Gasteiger partial charge in [0, 0.05) is 22.5 Å². The molecule has 0 spiro atoms. The maximum absolute atomic E-state index is 4.78. The fourth-order valence-corrected chi connectivity index (χ4v) is 3.08. The van der Waals surface area contributed by atoms with Gasteiger partial charge in [-0.1, -0.05) is 34.1 Å². The number of nitrogens with zero attached hydrogens (tertiary/aromatic N) is 1. The average molecular weight is 338 g/mol. The predicted octanol–water partition coefficient (Wildman–Crippen LogP) is 3.44. The molecule has 1 fully saturated rings. The number of benzene rings is 1. The summed E-state index contributed by atoms with van der Waals surface area (Å²) < 4.78 is 1.20. The Morgan fingerprint density at radius 3 is 2.60 bits per heavy atom. The van der Waals surface area contributed by atoms with Gasteiger partial charge < -0.3 is 10.6 Å². The largest absolute Gasteiger partial charge is 0.357 e. The number of hydrogen-bond donors (Lipinski definition) is 2. The summed E-state index contributed by atoms with van der Waals surface area (Å²) in [6, 6.07) is 8.91. The monoisotopic (exact) mass is 337 g/mol. The van der Waals surface area contributed by atoms with E-state index in [-0.39, 0.29) is 5.41 Å². The van der Waals surface area contributed by atoms with Crippen LogP contribution >= 0.6 is 15.9 Å². The van der Waals surface area contributed by atoms with Gasteiger partial charge >= 0.3 is 0 Å². The Bertz CT molecular complexity index is 478. The minimum atomic E-state index is 0.236. The van der Waals surface area contributed by atoms with Crippen LogP contribution in [0.5, 0.6) is 0 Å². The third kappa shape index (κ3) is 3.75. The van der Waals surface area contributed by atoms with Crippen LogP contribution in [0, 0.1) is 0 Å². The second-order valence-electron chi connectivity index (χ2n) is 5.75. The zero-order valence-electron chi connectivity index (χ0n) is 12.5. The molecule has 1 aliphatic carbocycles. The van der Waals surface area contributed by atoms with E-state index in [4.69, 9.17) is 4.99 Å². The molecular formula is C16H24BrN3. The maximum atomic E-state index is 4.78. The van der Waals surface area contributed by atoms with E-state index in [2.05, 4.69) is 71.6 Å². The zero-order chi connectivity index (χ0) is 14.6. The highest BCUT2D eigenvalue weighted by Crippen LogP contribution is 2.50. The Kier molecular flexibility index (Phi) is 5.08. The first-order valence-electron chi connectivity index (χ1n) is 7.37.